The van der Waals surface area contributed by atoms with Gasteiger partial charge in [-0.2, -0.15) is 0 Å². The average molecular weight is 243 g/mol. The molecule has 0 spiro atoms. The summed E-state index contributed by atoms with van der Waals surface area (Å²) < 4.78 is 4.84. The number of rotatable bonds is 7. The number of hydrogen-bond donors (Lipinski definition) is 2. The van der Waals surface area contributed by atoms with Crippen LogP contribution in [0, 0.1) is 0 Å². The first-order valence-corrected chi connectivity index (χ1v) is 6.37. The molecule has 0 aliphatic heterocycles. The standard InChI is InChI=1S/C12H25N3O2/c1-15(10-5-3-4-6-10)8-7-14-12(16)11(13)9-17-2/h10-11H,3-9,13H2,1-2H3,(H,14,16). The molecule has 1 unspecified atom stereocenters. The van der Waals surface area contributed by atoms with Gasteiger partial charge in [0.05, 0.1) is 6.61 Å². The number of carbonyl (C=O) groups is 1. The van der Waals surface area contributed by atoms with Gasteiger partial charge in [0, 0.05) is 26.2 Å². The van der Waals surface area contributed by atoms with E-state index in [2.05, 4.69) is 17.3 Å². The molecule has 0 aromatic heterocycles. The molecule has 5 nitrogen and oxygen atoms in total. The molecule has 0 bridgehead atoms. The zero-order valence-electron chi connectivity index (χ0n) is 10.9. The van der Waals surface area contributed by atoms with Crippen molar-refractivity contribution < 1.29 is 9.53 Å². The highest BCUT2D eigenvalue weighted by Crippen LogP contribution is 2.21. The van der Waals surface area contributed by atoms with Crippen LogP contribution in [0.5, 0.6) is 0 Å². The second kappa shape index (κ2) is 7.63. The Kier molecular flexibility index (Phi) is 6.47. The van der Waals surface area contributed by atoms with Gasteiger partial charge in [-0.05, 0) is 19.9 Å². The molecule has 1 rings (SSSR count). The number of methoxy groups -OCH3 is 1. The van der Waals surface area contributed by atoms with Gasteiger partial charge in [-0.1, -0.05) is 12.8 Å². The first-order chi connectivity index (χ1) is 8.15. The lowest BCUT2D eigenvalue weighted by Gasteiger charge is -2.24. The largest absolute Gasteiger partial charge is 0.383 e. The molecule has 0 aromatic rings. The lowest BCUT2D eigenvalue weighted by Crippen LogP contribution is -2.46. The fourth-order valence-corrected chi connectivity index (χ4v) is 2.27. The normalized spacial score (nSPS) is 18.6. The van der Waals surface area contributed by atoms with Gasteiger partial charge in [0.25, 0.3) is 0 Å². The van der Waals surface area contributed by atoms with E-state index in [1.807, 2.05) is 0 Å². The van der Waals surface area contributed by atoms with E-state index < -0.39 is 6.04 Å². The Morgan fingerprint density at radius 2 is 2.18 bits per heavy atom. The molecule has 1 aliphatic rings. The van der Waals surface area contributed by atoms with E-state index in [0.29, 0.717) is 12.6 Å². The summed E-state index contributed by atoms with van der Waals surface area (Å²) in [5.41, 5.74) is 5.62. The second-order valence-corrected chi connectivity index (χ2v) is 4.77. The van der Waals surface area contributed by atoms with Gasteiger partial charge in [-0.3, -0.25) is 4.79 Å². The Balaban J connectivity index is 2.11. The Morgan fingerprint density at radius 3 is 2.76 bits per heavy atom. The van der Waals surface area contributed by atoms with Gasteiger partial charge in [-0.15, -0.1) is 0 Å². The number of hydrogen-bond acceptors (Lipinski definition) is 4. The number of likely N-dealkylation sites (N-methyl/N-ethyl adjacent to an activating group) is 1. The van der Waals surface area contributed by atoms with Crippen LogP contribution in [0.4, 0.5) is 0 Å². The summed E-state index contributed by atoms with van der Waals surface area (Å²) in [6.45, 7) is 1.81. The van der Waals surface area contributed by atoms with Crippen molar-refractivity contribution in [2.24, 2.45) is 5.73 Å². The van der Waals surface area contributed by atoms with Crippen LogP contribution >= 0.6 is 0 Å². The van der Waals surface area contributed by atoms with Crippen molar-refractivity contribution >= 4 is 5.91 Å². The molecule has 1 fully saturated rings. The fraction of sp³-hybridized carbons (Fsp3) is 0.917. The minimum absolute atomic E-state index is 0.133. The van der Waals surface area contributed by atoms with Crippen LogP contribution in [0.15, 0.2) is 0 Å². The summed E-state index contributed by atoms with van der Waals surface area (Å²) in [5, 5.41) is 2.84. The van der Waals surface area contributed by atoms with E-state index in [-0.39, 0.29) is 12.5 Å². The molecule has 0 saturated heterocycles. The molecule has 17 heavy (non-hydrogen) atoms. The Morgan fingerprint density at radius 1 is 1.53 bits per heavy atom. The lowest BCUT2D eigenvalue weighted by molar-refractivity contribution is -0.123. The van der Waals surface area contributed by atoms with Crippen molar-refractivity contribution in [2.45, 2.75) is 37.8 Å². The van der Waals surface area contributed by atoms with Crippen molar-refractivity contribution in [1.82, 2.24) is 10.2 Å². The van der Waals surface area contributed by atoms with Gasteiger partial charge in [0.2, 0.25) is 5.91 Å². The molecule has 1 atom stereocenters. The Hall–Kier alpha value is -0.650. The topological polar surface area (TPSA) is 67.6 Å². The van der Waals surface area contributed by atoms with E-state index in [0.717, 1.165) is 6.54 Å². The minimum Gasteiger partial charge on any atom is -0.383 e. The van der Waals surface area contributed by atoms with E-state index >= 15 is 0 Å². The zero-order valence-corrected chi connectivity index (χ0v) is 10.9. The summed E-state index contributed by atoms with van der Waals surface area (Å²) in [7, 11) is 3.66. The van der Waals surface area contributed by atoms with Crippen molar-refractivity contribution in [3.8, 4) is 0 Å². The Bertz CT molecular complexity index is 230. The third-order valence-electron chi connectivity index (χ3n) is 3.39. The maximum atomic E-state index is 11.5. The van der Waals surface area contributed by atoms with Gasteiger partial charge >= 0.3 is 0 Å². The van der Waals surface area contributed by atoms with E-state index in [4.69, 9.17) is 10.5 Å². The summed E-state index contributed by atoms with van der Waals surface area (Å²) in [5.74, 6) is -0.133. The van der Waals surface area contributed by atoms with E-state index in [1.54, 1.807) is 7.11 Å². The number of carbonyl (C=O) groups excluding carboxylic acids is 1. The quantitative estimate of drug-likeness (QED) is 0.658. The zero-order chi connectivity index (χ0) is 12.7. The van der Waals surface area contributed by atoms with Crippen molar-refractivity contribution in [3.63, 3.8) is 0 Å². The molecule has 0 aromatic carbocycles. The summed E-state index contributed by atoms with van der Waals surface area (Å²) >= 11 is 0. The highest BCUT2D eigenvalue weighted by atomic mass is 16.5. The monoisotopic (exact) mass is 243 g/mol. The first kappa shape index (κ1) is 14.4. The van der Waals surface area contributed by atoms with Crippen LogP contribution in [-0.4, -0.2) is 56.7 Å². The molecule has 0 radical (unpaired) electrons. The van der Waals surface area contributed by atoms with Crippen molar-refractivity contribution in [2.75, 3.05) is 33.9 Å². The van der Waals surface area contributed by atoms with Crippen molar-refractivity contribution in [3.05, 3.63) is 0 Å². The fourth-order valence-electron chi connectivity index (χ4n) is 2.27. The average Bonchev–Trinajstić information content (AvgIpc) is 2.82. The third-order valence-corrected chi connectivity index (χ3v) is 3.39. The number of ether oxygens (including phenoxy) is 1. The van der Waals surface area contributed by atoms with Gasteiger partial charge in [0.15, 0.2) is 0 Å². The smallest absolute Gasteiger partial charge is 0.239 e. The van der Waals surface area contributed by atoms with Crippen LogP contribution in [0.3, 0.4) is 0 Å². The second-order valence-electron chi connectivity index (χ2n) is 4.77. The number of nitrogens with one attached hydrogen (secondary N) is 1. The maximum Gasteiger partial charge on any atom is 0.239 e. The molecule has 0 heterocycles. The van der Waals surface area contributed by atoms with E-state index in [9.17, 15) is 4.79 Å². The number of amides is 1. The first-order valence-electron chi connectivity index (χ1n) is 6.37. The molecular weight excluding hydrogens is 218 g/mol. The van der Waals surface area contributed by atoms with Gasteiger partial charge < -0.3 is 20.7 Å². The van der Waals surface area contributed by atoms with Gasteiger partial charge in [0.1, 0.15) is 6.04 Å². The van der Waals surface area contributed by atoms with Crippen LogP contribution in [0.2, 0.25) is 0 Å². The molecule has 5 heteroatoms. The Labute approximate surface area is 104 Å². The third kappa shape index (κ3) is 5.02. The van der Waals surface area contributed by atoms with Crippen LogP contribution in [-0.2, 0) is 9.53 Å². The van der Waals surface area contributed by atoms with Crippen LogP contribution < -0.4 is 11.1 Å². The highest BCUT2D eigenvalue weighted by molar-refractivity contribution is 5.81. The molecule has 1 saturated carbocycles. The SMILES string of the molecule is COCC(N)C(=O)NCCN(C)C1CCCC1. The maximum absolute atomic E-state index is 11.5. The predicted molar refractivity (Wildman–Crippen MR) is 67.7 cm³/mol. The molecule has 3 N–H and O–H groups in total. The predicted octanol–water partition coefficient (Wildman–Crippen LogP) is -0.0493. The van der Waals surface area contributed by atoms with Gasteiger partial charge in [-0.25, -0.2) is 0 Å². The summed E-state index contributed by atoms with van der Waals surface area (Å²) in [6, 6.07) is 0.135. The molecule has 1 amide bonds. The summed E-state index contributed by atoms with van der Waals surface area (Å²) in [6.07, 6.45) is 5.24. The van der Waals surface area contributed by atoms with Crippen LogP contribution in [0.25, 0.3) is 0 Å². The van der Waals surface area contributed by atoms with Crippen LogP contribution in [0.1, 0.15) is 25.7 Å². The number of nitrogens with two attached hydrogens (primary N) is 1. The highest BCUT2D eigenvalue weighted by Gasteiger charge is 2.19. The molecule has 100 valence electrons. The van der Waals surface area contributed by atoms with E-state index in [1.165, 1.54) is 25.7 Å². The lowest BCUT2D eigenvalue weighted by atomic mass is 10.2. The number of nitrogens with zero attached hydrogens (tertiary/aromatic N) is 1. The van der Waals surface area contributed by atoms with Crippen molar-refractivity contribution in [1.29, 1.82) is 0 Å². The molecule has 1 aliphatic carbocycles. The minimum atomic E-state index is -0.559. The summed E-state index contributed by atoms with van der Waals surface area (Å²) in [4.78, 5) is 13.8. The molecular formula is C12H25N3O2.